The minimum atomic E-state index is -2.86. The fourth-order valence-corrected chi connectivity index (χ4v) is 12.6. The molecule has 140 valence electrons. The molecule has 0 fully saturated rings. The molecule has 0 radical (unpaired) electrons. The second kappa shape index (κ2) is 13.0. The van der Waals surface area contributed by atoms with Crippen molar-refractivity contribution in [2.24, 2.45) is 0 Å². The zero-order valence-electron chi connectivity index (χ0n) is 15.7. The molecule has 5 nitrogen and oxygen atoms in total. The van der Waals surface area contributed by atoms with E-state index in [9.17, 15) is 0 Å². The molecule has 8 heteroatoms. The van der Waals surface area contributed by atoms with Crippen LogP contribution in [0.2, 0.25) is 11.2 Å². The van der Waals surface area contributed by atoms with Crippen molar-refractivity contribution < 1.29 is 22.1 Å². The Morgan fingerprint density at radius 2 is 1.13 bits per heavy atom. The summed E-state index contributed by atoms with van der Waals surface area (Å²) in [6.07, 6.45) is 1.01. The van der Waals surface area contributed by atoms with Gasteiger partial charge in [0.2, 0.25) is 0 Å². The highest BCUT2D eigenvalue weighted by Crippen LogP contribution is 2.39. The maximum atomic E-state index is 6.27. The van der Waals surface area contributed by atoms with Gasteiger partial charge in [-0.3, -0.25) is 0 Å². The largest absolute Gasteiger partial charge is 0.505 e. The fraction of sp³-hybridized carbons (Fsp3) is 1.00. The van der Waals surface area contributed by atoms with Crippen molar-refractivity contribution in [2.75, 3.05) is 38.4 Å². The van der Waals surface area contributed by atoms with Gasteiger partial charge < -0.3 is 22.1 Å². The molecule has 0 aliphatic heterocycles. The van der Waals surface area contributed by atoms with Crippen molar-refractivity contribution in [1.82, 2.24) is 0 Å². The van der Waals surface area contributed by atoms with E-state index < -0.39 is 17.4 Å². The highest BCUT2D eigenvalue weighted by Gasteiger charge is 2.60. The van der Waals surface area contributed by atoms with Crippen LogP contribution < -0.4 is 0 Å². The van der Waals surface area contributed by atoms with Crippen LogP contribution in [0.15, 0.2) is 0 Å². The Kier molecular flexibility index (Phi) is 13.4. The number of alkyl halides is 1. The Bertz CT molecular complexity index is 274. The van der Waals surface area contributed by atoms with Crippen LogP contribution >= 0.6 is 15.9 Å². The van der Waals surface area contributed by atoms with Gasteiger partial charge in [-0.1, -0.05) is 22.9 Å². The minimum Gasteiger partial charge on any atom is -0.394 e. The van der Waals surface area contributed by atoms with Crippen LogP contribution in [0.1, 0.15) is 48.0 Å². The molecule has 0 aliphatic carbocycles. The Labute approximate surface area is 153 Å². The van der Waals surface area contributed by atoms with Gasteiger partial charge in [-0.2, -0.15) is 0 Å². The summed E-state index contributed by atoms with van der Waals surface area (Å²) in [5.41, 5.74) is 0. The second-order valence-corrected chi connectivity index (χ2v) is 13.0. The summed E-state index contributed by atoms with van der Waals surface area (Å²) in [5, 5.41) is 0.954. The van der Waals surface area contributed by atoms with Gasteiger partial charge in [0.25, 0.3) is 0 Å². The molecule has 0 aromatic rings. The van der Waals surface area contributed by atoms with Gasteiger partial charge >= 0.3 is 17.4 Å². The van der Waals surface area contributed by atoms with Crippen LogP contribution in [0.4, 0.5) is 0 Å². The Morgan fingerprint density at radius 3 is 1.43 bits per heavy atom. The molecule has 0 saturated heterocycles. The quantitative estimate of drug-likeness (QED) is 0.286. The summed E-state index contributed by atoms with van der Waals surface area (Å²) in [4.78, 5) is 0. The minimum absolute atomic E-state index is 0.0220. The number of hydrogen-bond acceptors (Lipinski definition) is 5. The molecular formula is C15H35BrO5Si2. The highest BCUT2D eigenvalue weighted by molar-refractivity contribution is 9.09. The molecule has 0 aromatic heterocycles. The van der Waals surface area contributed by atoms with Crippen molar-refractivity contribution in [3.63, 3.8) is 0 Å². The van der Waals surface area contributed by atoms with E-state index in [-0.39, 0.29) is 5.16 Å². The van der Waals surface area contributed by atoms with Crippen LogP contribution in [-0.4, -0.2) is 55.7 Å². The van der Waals surface area contributed by atoms with Gasteiger partial charge in [0.1, 0.15) is 0 Å². The lowest BCUT2D eigenvalue weighted by molar-refractivity contribution is 0.0608. The first kappa shape index (κ1) is 23.7. The van der Waals surface area contributed by atoms with Gasteiger partial charge in [-0.05, 0) is 47.1 Å². The number of hydrogen-bond donors (Lipinski definition) is 0. The molecule has 23 heavy (non-hydrogen) atoms. The molecule has 1 unspecified atom stereocenters. The first-order valence-corrected chi connectivity index (χ1v) is 13.8. The summed E-state index contributed by atoms with van der Waals surface area (Å²) in [5.74, 6) is 0. The molecule has 0 aliphatic rings. The van der Waals surface area contributed by atoms with E-state index in [0.29, 0.717) is 33.0 Å². The standard InChI is InChI=1S/C15H35BrO5Si2/c1-7-17-22(18-8-2,14-12-13-16)15(6)23(19-9-3,20-10-4)21-11-5/h15H,7-14H2,1-6H3. The zero-order valence-corrected chi connectivity index (χ0v) is 19.2. The molecule has 0 amide bonds. The van der Waals surface area contributed by atoms with E-state index in [4.69, 9.17) is 22.1 Å². The van der Waals surface area contributed by atoms with Gasteiger partial charge in [0.05, 0.1) is 5.16 Å². The lowest BCUT2D eigenvalue weighted by atomic mass is 10.6. The Morgan fingerprint density at radius 1 is 0.739 bits per heavy atom. The predicted octanol–water partition coefficient (Wildman–Crippen LogP) is 4.26. The summed E-state index contributed by atoms with van der Waals surface area (Å²) in [6.45, 7) is 15.1. The summed E-state index contributed by atoms with van der Waals surface area (Å²) >= 11 is 3.52. The number of halogens is 1. The third-order valence-electron chi connectivity index (χ3n) is 3.66. The van der Waals surface area contributed by atoms with E-state index in [1.165, 1.54) is 0 Å². The molecule has 0 spiro atoms. The molecule has 0 heterocycles. The van der Waals surface area contributed by atoms with Crippen molar-refractivity contribution in [3.05, 3.63) is 0 Å². The predicted molar refractivity (Wildman–Crippen MR) is 102 cm³/mol. The van der Waals surface area contributed by atoms with E-state index >= 15 is 0 Å². The highest BCUT2D eigenvalue weighted by atomic mass is 79.9. The third kappa shape index (κ3) is 6.85. The van der Waals surface area contributed by atoms with Crippen LogP contribution in [0.3, 0.4) is 0 Å². The summed E-state index contributed by atoms with van der Waals surface area (Å²) in [7, 11) is -5.37. The third-order valence-corrected chi connectivity index (χ3v) is 13.7. The van der Waals surface area contributed by atoms with Crippen molar-refractivity contribution >= 4 is 33.3 Å². The normalized spacial score (nSPS) is 14.2. The first-order chi connectivity index (χ1) is 11.0. The molecular weight excluding hydrogens is 396 g/mol. The van der Waals surface area contributed by atoms with E-state index in [0.717, 1.165) is 17.8 Å². The van der Waals surface area contributed by atoms with Gasteiger partial charge in [0, 0.05) is 38.4 Å². The average molecular weight is 432 g/mol. The monoisotopic (exact) mass is 430 g/mol. The molecule has 0 aromatic carbocycles. The summed E-state index contributed by atoms with van der Waals surface area (Å²) in [6, 6.07) is 0.906. The van der Waals surface area contributed by atoms with Gasteiger partial charge in [-0.25, -0.2) is 0 Å². The fourth-order valence-electron chi connectivity index (χ4n) is 2.83. The molecule has 0 bridgehead atoms. The van der Waals surface area contributed by atoms with Gasteiger partial charge in [-0.15, -0.1) is 0 Å². The van der Waals surface area contributed by atoms with Crippen molar-refractivity contribution in [2.45, 2.75) is 59.2 Å². The average Bonchev–Trinajstić information content (AvgIpc) is 2.53. The van der Waals surface area contributed by atoms with E-state index in [2.05, 4.69) is 22.9 Å². The maximum Gasteiger partial charge on any atom is 0.505 e. The first-order valence-electron chi connectivity index (χ1n) is 8.78. The van der Waals surface area contributed by atoms with Crippen LogP contribution in [0.5, 0.6) is 0 Å². The second-order valence-electron chi connectivity index (χ2n) is 5.09. The zero-order chi connectivity index (χ0) is 17.8. The molecule has 0 rings (SSSR count). The number of rotatable bonds is 15. The maximum absolute atomic E-state index is 6.27. The molecule has 0 N–H and O–H groups in total. The van der Waals surface area contributed by atoms with Crippen LogP contribution in [-0.2, 0) is 22.1 Å². The molecule has 1 atom stereocenters. The van der Waals surface area contributed by atoms with Crippen LogP contribution in [0.25, 0.3) is 0 Å². The topological polar surface area (TPSA) is 46.2 Å². The van der Waals surface area contributed by atoms with E-state index in [1.54, 1.807) is 0 Å². The molecule has 0 saturated carbocycles. The Hall–Kier alpha value is 0.714. The Balaban J connectivity index is 5.71. The lowest BCUT2D eigenvalue weighted by Gasteiger charge is -2.42. The van der Waals surface area contributed by atoms with Gasteiger partial charge in [0.15, 0.2) is 0 Å². The smallest absolute Gasteiger partial charge is 0.394 e. The van der Waals surface area contributed by atoms with E-state index in [1.807, 2.05) is 34.6 Å². The summed E-state index contributed by atoms with van der Waals surface area (Å²) < 4.78 is 30.9. The van der Waals surface area contributed by atoms with Crippen molar-refractivity contribution in [1.29, 1.82) is 0 Å². The van der Waals surface area contributed by atoms with Crippen LogP contribution in [0, 0.1) is 0 Å². The van der Waals surface area contributed by atoms with Crippen molar-refractivity contribution in [3.8, 4) is 0 Å². The lowest BCUT2D eigenvalue weighted by Crippen LogP contribution is -2.61. The SMILES string of the molecule is CCO[Si](CCCBr)(OCC)C(C)[Si](OCC)(OCC)OCC.